The predicted molar refractivity (Wildman–Crippen MR) is 234 cm³/mol. The third-order valence-corrected chi connectivity index (χ3v) is 13.8. The zero-order chi connectivity index (χ0) is 43.8. The van der Waals surface area contributed by atoms with Gasteiger partial charge in [0.2, 0.25) is 17.8 Å². The SMILES string of the molecule is Cn1c(=O)n(C2CCC(=O)NC2=O)c2ccc(CCCN3CCC(N4CCN(Cc5ccc(-c6cn([C@H]7CC[C@H](O)CC7)c7nc(NCCC(F)(F)F)ncc67)cc5)CC4)C3)cc21. The van der Waals surface area contributed by atoms with Gasteiger partial charge in [-0.25, -0.2) is 9.78 Å². The molecule has 3 aromatic heterocycles. The maximum atomic E-state index is 13.2. The zero-order valence-electron chi connectivity index (χ0n) is 35.8. The molecule has 17 heteroatoms. The van der Waals surface area contributed by atoms with Crippen molar-refractivity contribution < 1.29 is 27.9 Å². The highest BCUT2D eigenvalue weighted by molar-refractivity contribution is 6.00. The molecule has 336 valence electrons. The largest absolute Gasteiger partial charge is 0.393 e. The second-order valence-electron chi connectivity index (χ2n) is 18.0. The first-order valence-corrected chi connectivity index (χ1v) is 22.5. The lowest BCUT2D eigenvalue weighted by atomic mass is 9.93. The quantitative estimate of drug-likeness (QED) is 0.132. The van der Waals surface area contributed by atoms with Crippen molar-refractivity contribution in [2.75, 3.05) is 57.7 Å². The number of hydrogen-bond donors (Lipinski definition) is 3. The minimum absolute atomic E-state index is 0.135. The number of alkyl halides is 3. The normalized spacial score (nSPS) is 23.3. The number of imidazole rings is 1. The highest BCUT2D eigenvalue weighted by Gasteiger charge is 2.33. The van der Waals surface area contributed by atoms with Gasteiger partial charge in [0.1, 0.15) is 11.7 Å². The summed E-state index contributed by atoms with van der Waals surface area (Å²) in [7, 11) is 1.73. The minimum atomic E-state index is -4.26. The van der Waals surface area contributed by atoms with Gasteiger partial charge in [0.05, 0.1) is 23.6 Å². The van der Waals surface area contributed by atoms with E-state index in [1.807, 2.05) is 6.07 Å². The number of nitrogens with one attached hydrogen (secondary N) is 2. The second kappa shape index (κ2) is 18.2. The summed E-state index contributed by atoms with van der Waals surface area (Å²) >= 11 is 0. The lowest BCUT2D eigenvalue weighted by Gasteiger charge is -2.38. The van der Waals surface area contributed by atoms with Crippen molar-refractivity contribution in [1.82, 2.24) is 43.7 Å². The number of aryl methyl sites for hydroxylation is 2. The van der Waals surface area contributed by atoms with Crippen LogP contribution in [0.15, 0.2) is 59.7 Å². The second-order valence-corrected chi connectivity index (χ2v) is 18.0. The van der Waals surface area contributed by atoms with Gasteiger partial charge in [0.15, 0.2) is 0 Å². The van der Waals surface area contributed by atoms with Crippen molar-refractivity contribution in [2.45, 2.75) is 101 Å². The Bertz CT molecular complexity index is 2500. The molecule has 3 aliphatic heterocycles. The van der Waals surface area contributed by atoms with Gasteiger partial charge in [-0.3, -0.25) is 33.8 Å². The molecule has 1 saturated carbocycles. The smallest absolute Gasteiger partial charge is 0.390 e. The standard InChI is InChI=1S/C46H57F3N10O4/c1-54-40-25-30(6-13-38(40)59(45(54)63)39-14-15-41(61)52-43(39)62)3-2-19-55-20-16-34(28-55)57-23-21-56(22-24-57)27-31-4-7-32(8-5-31)37-29-58(33-9-11-35(60)12-10-33)42-36(37)26-51-44(53-42)50-18-17-46(47,48)49/h4-8,13,25-26,29,33-35,39,60H,2-3,9-12,14-24,27-28H2,1H3,(H,50,51,53)(H,52,61,62)/t33-,34?,35-,39?. The van der Waals surface area contributed by atoms with E-state index in [9.17, 15) is 32.7 Å². The molecule has 14 nitrogen and oxygen atoms in total. The van der Waals surface area contributed by atoms with Crippen molar-refractivity contribution >= 4 is 39.8 Å². The third kappa shape index (κ3) is 9.57. The van der Waals surface area contributed by atoms with E-state index >= 15 is 0 Å². The zero-order valence-corrected chi connectivity index (χ0v) is 35.8. The number of aromatic nitrogens is 5. The lowest BCUT2D eigenvalue weighted by Crippen LogP contribution is -2.50. The molecule has 4 fully saturated rings. The summed E-state index contributed by atoms with van der Waals surface area (Å²) in [6, 6.07) is 14.7. The fourth-order valence-corrected chi connectivity index (χ4v) is 10.2. The molecule has 2 atom stereocenters. The number of fused-ring (bicyclic) bond motifs is 2. The lowest BCUT2D eigenvalue weighted by molar-refractivity contribution is -0.136. The summed E-state index contributed by atoms with van der Waals surface area (Å²) in [5.74, 6) is -0.545. The van der Waals surface area contributed by atoms with Crippen LogP contribution in [0.4, 0.5) is 19.1 Å². The van der Waals surface area contributed by atoms with E-state index in [-0.39, 0.29) is 42.7 Å². The van der Waals surface area contributed by atoms with E-state index < -0.39 is 24.5 Å². The fourth-order valence-electron chi connectivity index (χ4n) is 10.2. The molecule has 2 unspecified atom stereocenters. The number of imide groups is 1. The molecule has 3 N–H and O–H groups in total. The van der Waals surface area contributed by atoms with Gasteiger partial charge in [-0.15, -0.1) is 0 Å². The van der Waals surface area contributed by atoms with Gasteiger partial charge in [-0.1, -0.05) is 30.3 Å². The topological polar surface area (TPSA) is 146 Å². The molecule has 1 aliphatic carbocycles. The average Bonchev–Trinajstić information content (AvgIpc) is 3.96. The third-order valence-electron chi connectivity index (χ3n) is 13.8. The molecule has 2 amide bonds. The number of aliphatic hydroxyl groups excluding tert-OH is 1. The van der Waals surface area contributed by atoms with E-state index in [4.69, 9.17) is 4.98 Å². The van der Waals surface area contributed by atoms with Gasteiger partial charge in [-0.2, -0.15) is 18.2 Å². The highest BCUT2D eigenvalue weighted by atomic mass is 19.4. The van der Waals surface area contributed by atoms with E-state index in [0.29, 0.717) is 36.5 Å². The van der Waals surface area contributed by atoms with Crippen LogP contribution in [-0.2, 0) is 29.6 Å². The number of hydrogen-bond acceptors (Lipinski definition) is 10. The maximum absolute atomic E-state index is 13.2. The van der Waals surface area contributed by atoms with Crippen molar-refractivity contribution in [2.24, 2.45) is 7.05 Å². The summed E-state index contributed by atoms with van der Waals surface area (Å²) in [6.07, 6.45) is 4.88. The molecule has 6 heterocycles. The van der Waals surface area contributed by atoms with E-state index in [0.717, 1.165) is 106 Å². The number of carbonyl (C=O) groups is 2. The monoisotopic (exact) mass is 870 g/mol. The number of carbonyl (C=O) groups excluding carboxylic acids is 2. The average molecular weight is 871 g/mol. The van der Waals surface area contributed by atoms with E-state index in [1.54, 1.807) is 17.8 Å². The number of likely N-dealkylation sites (tertiary alicyclic amines) is 1. The number of halogens is 3. The number of benzene rings is 2. The number of aliphatic hydroxyl groups is 1. The number of anilines is 1. The van der Waals surface area contributed by atoms with Crippen LogP contribution in [0, 0.1) is 0 Å². The van der Waals surface area contributed by atoms with Crippen LogP contribution in [0.1, 0.15) is 81.0 Å². The number of nitrogens with zero attached hydrogens (tertiary/aromatic N) is 8. The fraction of sp³-hybridized carbons (Fsp3) is 0.543. The summed E-state index contributed by atoms with van der Waals surface area (Å²) in [5.41, 5.74) is 6.37. The van der Waals surface area contributed by atoms with Crippen LogP contribution in [0.2, 0.25) is 0 Å². The summed E-state index contributed by atoms with van der Waals surface area (Å²) in [4.78, 5) is 54.3. The molecule has 3 saturated heterocycles. The molecule has 0 spiro atoms. The molecule has 0 radical (unpaired) electrons. The predicted octanol–water partition coefficient (Wildman–Crippen LogP) is 5.39. The molecule has 9 rings (SSSR count). The molecule has 4 aliphatic rings. The Labute approximate surface area is 364 Å². The number of piperazine rings is 1. The van der Waals surface area contributed by atoms with Crippen molar-refractivity contribution in [3.8, 4) is 11.1 Å². The van der Waals surface area contributed by atoms with Gasteiger partial charge < -0.3 is 19.9 Å². The molecule has 2 aromatic carbocycles. The Hall–Kier alpha value is -5.10. The molecule has 63 heavy (non-hydrogen) atoms. The Morgan fingerprint density at radius 3 is 2.38 bits per heavy atom. The Balaban J connectivity index is 0.759. The summed E-state index contributed by atoms with van der Waals surface area (Å²) < 4.78 is 43.7. The Morgan fingerprint density at radius 2 is 1.63 bits per heavy atom. The molecule has 5 aromatic rings. The van der Waals surface area contributed by atoms with E-state index in [1.165, 1.54) is 16.6 Å². The van der Waals surface area contributed by atoms with Crippen molar-refractivity contribution in [3.05, 3.63) is 76.5 Å². The summed E-state index contributed by atoms with van der Waals surface area (Å²) in [5, 5.41) is 16.1. The van der Waals surface area contributed by atoms with E-state index in [2.05, 4.69) is 77.5 Å². The first kappa shape index (κ1) is 43.2. The van der Waals surface area contributed by atoms with Crippen molar-refractivity contribution in [3.63, 3.8) is 0 Å². The Morgan fingerprint density at radius 1 is 0.873 bits per heavy atom. The van der Waals surface area contributed by atoms with Crippen LogP contribution in [0.5, 0.6) is 0 Å². The molecular weight excluding hydrogens is 814 g/mol. The number of rotatable bonds is 13. The van der Waals surface area contributed by atoms with Crippen LogP contribution >= 0.6 is 0 Å². The van der Waals surface area contributed by atoms with Crippen LogP contribution in [0.25, 0.3) is 33.2 Å². The van der Waals surface area contributed by atoms with Gasteiger partial charge in [-0.05, 0) is 93.3 Å². The molecule has 0 bridgehead atoms. The first-order valence-electron chi connectivity index (χ1n) is 22.5. The summed E-state index contributed by atoms with van der Waals surface area (Å²) in [6.45, 7) is 7.85. The molecular formula is C46H57F3N10O4. The van der Waals surface area contributed by atoms with Crippen molar-refractivity contribution in [1.29, 1.82) is 0 Å². The van der Waals surface area contributed by atoms with Crippen LogP contribution in [-0.4, -0.2) is 126 Å². The van der Waals surface area contributed by atoms with Gasteiger partial charge in [0, 0.05) is 94.7 Å². The van der Waals surface area contributed by atoms with Crippen LogP contribution < -0.4 is 16.3 Å². The van der Waals surface area contributed by atoms with Crippen LogP contribution in [0.3, 0.4) is 0 Å². The number of amides is 2. The minimum Gasteiger partial charge on any atom is -0.393 e. The number of piperidine rings is 1. The Kier molecular flexibility index (Phi) is 12.5. The van der Waals surface area contributed by atoms with Gasteiger partial charge >= 0.3 is 11.9 Å². The first-order chi connectivity index (χ1) is 30.4. The maximum Gasteiger partial charge on any atom is 0.390 e. The van der Waals surface area contributed by atoms with Gasteiger partial charge in [0.25, 0.3) is 0 Å². The highest BCUT2D eigenvalue weighted by Crippen LogP contribution is 2.37.